The third-order valence-corrected chi connectivity index (χ3v) is 12.4. The van der Waals surface area contributed by atoms with Crippen molar-refractivity contribution >= 4 is 62.8 Å². The van der Waals surface area contributed by atoms with Gasteiger partial charge in [0.2, 0.25) is 6.19 Å². The van der Waals surface area contributed by atoms with Gasteiger partial charge in [0.1, 0.15) is 22.7 Å². The molecule has 2 unspecified atom stereocenters. The number of nitriles is 1. The Morgan fingerprint density at radius 1 is 0.741 bits per heavy atom. The summed E-state index contributed by atoms with van der Waals surface area (Å²) < 4.78 is 27.9. The second-order valence-corrected chi connectivity index (χ2v) is 37.4. The molecule has 6 aliphatic rings. The van der Waals surface area contributed by atoms with Crippen LogP contribution in [0.5, 0.6) is 11.5 Å². The van der Waals surface area contributed by atoms with Crippen LogP contribution in [-0.4, -0.2) is 63.2 Å². The first-order chi connectivity index (χ1) is 27.6. The van der Waals surface area contributed by atoms with E-state index in [-0.39, 0.29) is 11.4 Å². The number of Topliss-reactive ketones (excluding diaryl/α,β-unsaturated/α-hetero) is 1. The molecule has 2 spiro atoms. The van der Waals surface area contributed by atoms with E-state index in [0.29, 0.717) is 37.9 Å². The number of carbonyl (C=O) groups excluding carboxylic acids is 1. The fourth-order valence-corrected chi connectivity index (χ4v) is 9.39. The van der Waals surface area contributed by atoms with Crippen LogP contribution in [0.3, 0.4) is 0 Å². The molecule has 0 radical (unpaired) electrons. The average Bonchev–Trinajstić information content (AvgIpc) is 3.18. The van der Waals surface area contributed by atoms with Gasteiger partial charge in [-0.05, 0) is 131 Å². The molecule has 2 saturated carbocycles. The molecule has 2 aromatic rings. The van der Waals surface area contributed by atoms with Crippen molar-refractivity contribution in [2.45, 2.75) is 145 Å². The molecule has 316 valence electrons. The second kappa shape index (κ2) is 21.9. The van der Waals surface area contributed by atoms with Crippen molar-refractivity contribution in [1.82, 2.24) is 0 Å². The van der Waals surface area contributed by atoms with Gasteiger partial charge in [0.15, 0.2) is 14.0 Å². The molecule has 2 aliphatic carbocycles. The maximum absolute atomic E-state index is 12.7. The fourth-order valence-electron chi connectivity index (χ4n) is 8.91. The van der Waals surface area contributed by atoms with Crippen molar-refractivity contribution in [3.8, 4) is 17.7 Å². The zero-order valence-corrected chi connectivity index (χ0v) is 39.9. The van der Waals surface area contributed by atoms with Crippen molar-refractivity contribution in [2.75, 3.05) is 26.4 Å². The van der Waals surface area contributed by atoms with E-state index in [0.717, 1.165) is 67.2 Å². The minimum atomic E-state index is -3.11. The Morgan fingerprint density at radius 3 is 1.62 bits per heavy atom. The van der Waals surface area contributed by atoms with Crippen LogP contribution in [0, 0.1) is 11.5 Å². The average molecular weight is 928 g/mol. The molecule has 0 aromatic heterocycles. The molecule has 4 heterocycles. The van der Waals surface area contributed by atoms with E-state index < -0.39 is 26.2 Å². The molecule has 4 aliphatic heterocycles. The molecule has 4 fully saturated rings. The van der Waals surface area contributed by atoms with Crippen molar-refractivity contribution in [1.29, 1.82) is 5.26 Å². The van der Waals surface area contributed by atoms with Crippen LogP contribution in [0.15, 0.2) is 52.6 Å². The third-order valence-electron chi connectivity index (χ3n) is 11.6. The fraction of sp³-hybridized carbons (Fsp3) is 0.614. The Kier molecular flexibility index (Phi) is 17.9. The minimum absolute atomic E-state index is 0.226. The standard InChI is InChI=1S/C20H24N2O2.C19H24O3.C5H11NSi.4ClH.Ti/c21-14-22-18-12-20(9-4-10-23-13-20)24-19-8-7-16(11-17(18)19)15-5-2-1-3-6-15;20-17-12-19(9-4-10-21-13-19)22-18-8-7-15(11-16(17)18)14-5-2-1-3-6-14;1-5-6-7(2,3)4;;;;;/h7-8,11,15H,1-6,9-10,12-13H2;7-8,11,14H,1-6,9-10,12-13H2;1H2,2-4H3;4*1H;/q;;;;;;;+4/p-4. The molecule has 14 heteroatoms. The maximum atomic E-state index is 12.7. The van der Waals surface area contributed by atoms with Crippen molar-refractivity contribution in [3.63, 3.8) is 0 Å². The number of nitrogens with zero attached hydrogens (tertiary/aromatic N) is 3. The van der Waals surface area contributed by atoms with Crippen LogP contribution in [-0.2, 0) is 21.8 Å². The predicted octanol–water partition coefficient (Wildman–Crippen LogP) is 13.0. The Hall–Kier alpha value is -1.67. The number of ketones is 1. The number of carbonyl (C=O) groups is 1. The van der Waals surface area contributed by atoms with Gasteiger partial charge in [0.25, 0.3) is 0 Å². The molecule has 58 heavy (non-hydrogen) atoms. The SMILES string of the molecule is C=C=N[Si](C)(C)C.N#CN=C1CC2(CCCOC2)Oc2ccc(C3CCCCC3)cc21.O=C1CC2(CCCOC2)Oc2ccc(C3CCCCC3)cc21.[Cl][Ti]([Cl])([Cl])[Cl]. The quantitative estimate of drug-likeness (QED) is 0.173. The molecule has 8 nitrogen and oxygen atoms in total. The van der Waals surface area contributed by atoms with E-state index in [2.05, 4.69) is 72.1 Å². The molecule has 8 rings (SSSR count). The Bertz CT molecular complexity index is 1810. The molecule has 2 aromatic carbocycles. The Morgan fingerprint density at radius 2 is 1.21 bits per heavy atom. The van der Waals surface area contributed by atoms with E-state index in [1.807, 2.05) is 12.3 Å². The third kappa shape index (κ3) is 14.5. The van der Waals surface area contributed by atoms with Crippen molar-refractivity contribution in [3.05, 3.63) is 65.2 Å². The van der Waals surface area contributed by atoms with E-state index in [9.17, 15) is 4.79 Å². The first kappa shape index (κ1) is 47.4. The van der Waals surface area contributed by atoms with Gasteiger partial charge < -0.3 is 18.9 Å². The van der Waals surface area contributed by atoms with Gasteiger partial charge >= 0.3 is 49.6 Å². The summed E-state index contributed by atoms with van der Waals surface area (Å²) in [4.78, 5) is 16.8. The summed E-state index contributed by atoms with van der Waals surface area (Å²) in [7, 11) is 18.8. The topological polar surface area (TPSA) is 102 Å². The summed E-state index contributed by atoms with van der Waals surface area (Å²) in [6, 6.07) is 12.8. The first-order valence-corrected chi connectivity index (χ1v) is 33.0. The number of aliphatic imine (C=N–C) groups is 1. The van der Waals surface area contributed by atoms with Gasteiger partial charge in [-0.2, -0.15) is 10.3 Å². The number of halogens is 4. The zero-order chi connectivity index (χ0) is 41.8. The normalized spacial score (nSPS) is 25.3. The number of fused-ring (bicyclic) bond motifs is 2. The number of benzene rings is 2. The van der Waals surface area contributed by atoms with Crippen LogP contribution in [0.2, 0.25) is 19.6 Å². The predicted molar refractivity (Wildman–Crippen MR) is 237 cm³/mol. The number of hydrogen-bond acceptors (Lipinski definition) is 8. The van der Waals surface area contributed by atoms with Gasteiger partial charge in [-0.25, -0.2) is 0 Å². The molecule has 0 amide bonds. The van der Waals surface area contributed by atoms with Crippen LogP contribution in [0.25, 0.3) is 0 Å². The van der Waals surface area contributed by atoms with Gasteiger partial charge in [-0.15, -0.1) is 0 Å². The van der Waals surface area contributed by atoms with E-state index in [1.54, 1.807) is 0 Å². The van der Waals surface area contributed by atoms with Gasteiger partial charge in [0.05, 0.1) is 30.9 Å². The van der Waals surface area contributed by atoms with E-state index in [1.165, 1.54) is 75.3 Å². The summed E-state index contributed by atoms with van der Waals surface area (Å²) in [5.41, 5.74) is 4.61. The van der Waals surface area contributed by atoms with Crippen molar-refractivity contribution < 1.29 is 36.1 Å². The van der Waals surface area contributed by atoms with Crippen LogP contribution in [0.4, 0.5) is 0 Å². The molecular weight excluding hydrogens is 868 g/mol. The first-order valence-electron chi connectivity index (χ1n) is 20.9. The molecule has 0 bridgehead atoms. The van der Waals surface area contributed by atoms with Gasteiger partial charge in [0, 0.05) is 25.2 Å². The second-order valence-electron chi connectivity index (χ2n) is 17.4. The molecule has 2 saturated heterocycles. The Labute approximate surface area is 366 Å². The number of rotatable bonds is 3. The van der Waals surface area contributed by atoms with Crippen LogP contribution >= 0.6 is 37.2 Å². The molecular formula is C44H59Cl4N3O5SiTi. The zero-order valence-electron chi connectivity index (χ0n) is 34.4. The molecule has 0 N–H and O–H groups in total. The molecule has 2 atom stereocenters. The van der Waals surface area contributed by atoms with Gasteiger partial charge in [-0.3, -0.25) is 9.45 Å². The summed E-state index contributed by atoms with van der Waals surface area (Å²) in [5.74, 6) is 5.66. The van der Waals surface area contributed by atoms with Crippen LogP contribution in [0.1, 0.15) is 142 Å². The summed E-state index contributed by atoms with van der Waals surface area (Å²) in [6.45, 7) is 12.5. The van der Waals surface area contributed by atoms with E-state index in [4.69, 9.17) is 61.4 Å². The summed E-state index contributed by atoms with van der Waals surface area (Å²) in [6.07, 6.45) is 20.0. The summed E-state index contributed by atoms with van der Waals surface area (Å²) in [5, 5.41) is 9.14. The number of hydrogen-bond donors (Lipinski definition) is 0. The van der Waals surface area contributed by atoms with Gasteiger partial charge in [-0.1, -0.05) is 50.7 Å². The van der Waals surface area contributed by atoms with E-state index >= 15 is 0 Å². The summed E-state index contributed by atoms with van der Waals surface area (Å²) >= 11 is -3.11. The van der Waals surface area contributed by atoms with Crippen molar-refractivity contribution in [2.24, 2.45) is 9.65 Å². The number of ether oxygens (including phenoxy) is 4. The van der Waals surface area contributed by atoms with Crippen LogP contribution < -0.4 is 9.47 Å². The monoisotopic (exact) mass is 925 g/mol. The Balaban J connectivity index is 0.000000174.